The molecule has 0 spiro atoms. The quantitative estimate of drug-likeness (QED) is 0.742. The molecule has 0 heterocycles. The van der Waals surface area contributed by atoms with Gasteiger partial charge in [-0.25, -0.2) is 4.79 Å². The number of carbonyl (C=O) groups is 1. The van der Waals surface area contributed by atoms with Crippen molar-refractivity contribution in [1.29, 1.82) is 0 Å². The highest BCUT2D eigenvalue weighted by Gasteiger charge is 2.16. The smallest absolute Gasteiger partial charge is 0.407 e. The monoisotopic (exact) mass is 349 g/mol. The predicted octanol–water partition coefficient (Wildman–Crippen LogP) is 5.04. The molecule has 0 atom stereocenters. The number of ether oxygens (including phenoxy) is 1. The van der Waals surface area contributed by atoms with Crippen LogP contribution in [-0.2, 0) is 4.74 Å². The van der Waals surface area contributed by atoms with Crippen LogP contribution in [0.5, 0.6) is 0 Å². The van der Waals surface area contributed by atoms with Crippen molar-refractivity contribution in [2.75, 3.05) is 13.2 Å². The van der Waals surface area contributed by atoms with Crippen molar-refractivity contribution in [2.24, 2.45) is 0 Å². The van der Waals surface area contributed by atoms with E-state index in [9.17, 15) is 4.79 Å². The van der Waals surface area contributed by atoms with Gasteiger partial charge in [0.25, 0.3) is 0 Å². The highest BCUT2D eigenvalue weighted by atomic mass is 35.5. The van der Waals surface area contributed by atoms with Gasteiger partial charge in [-0.1, -0.05) is 60.1 Å². The molecule has 2 rings (SSSR count). The van der Waals surface area contributed by atoms with Crippen LogP contribution >= 0.6 is 23.2 Å². The molecule has 23 heavy (non-hydrogen) atoms. The Kier molecular flexibility index (Phi) is 6.51. The van der Waals surface area contributed by atoms with Gasteiger partial charge in [0.2, 0.25) is 0 Å². The number of halogens is 2. The maximum atomic E-state index is 11.7. The molecule has 120 valence electrons. The second-order valence-electron chi connectivity index (χ2n) is 4.92. The molecule has 3 nitrogen and oxygen atoms in total. The van der Waals surface area contributed by atoms with Crippen molar-refractivity contribution >= 4 is 29.3 Å². The topological polar surface area (TPSA) is 38.3 Å². The number of hydrogen-bond donors (Lipinski definition) is 1. The van der Waals surface area contributed by atoms with Crippen LogP contribution in [0.3, 0.4) is 0 Å². The molecule has 0 aliphatic rings. The van der Waals surface area contributed by atoms with E-state index in [1.165, 1.54) is 6.08 Å². The van der Waals surface area contributed by atoms with Crippen molar-refractivity contribution < 1.29 is 9.53 Å². The van der Waals surface area contributed by atoms with Crippen molar-refractivity contribution in [3.05, 3.63) is 82.4 Å². The highest BCUT2D eigenvalue weighted by Crippen LogP contribution is 2.26. The summed E-state index contributed by atoms with van der Waals surface area (Å²) in [6.45, 7) is 4.09. The fourth-order valence-electron chi connectivity index (χ4n) is 2.19. The van der Waals surface area contributed by atoms with E-state index in [0.717, 1.165) is 11.1 Å². The van der Waals surface area contributed by atoms with Gasteiger partial charge in [0.1, 0.15) is 6.61 Å². The average Bonchev–Trinajstić information content (AvgIpc) is 2.56. The molecule has 0 unspecified atom stereocenters. The minimum atomic E-state index is -0.474. The van der Waals surface area contributed by atoms with Crippen molar-refractivity contribution in [1.82, 2.24) is 5.32 Å². The van der Waals surface area contributed by atoms with Crippen LogP contribution < -0.4 is 5.32 Å². The Morgan fingerprint density at radius 1 is 1.04 bits per heavy atom. The number of nitrogens with one attached hydrogen (secondary N) is 1. The minimum Gasteiger partial charge on any atom is -0.445 e. The summed E-state index contributed by atoms with van der Waals surface area (Å²) in [5.74, 6) is -0.0270. The van der Waals surface area contributed by atoms with Crippen LogP contribution in [0.15, 0.2) is 61.2 Å². The second kappa shape index (κ2) is 8.61. The van der Waals surface area contributed by atoms with Crippen LogP contribution in [0.25, 0.3) is 0 Å². The molecule has 1 N–H and O–H groups in total. The molecule has 0 saturated carbocycles. The maximum absolute atomic E-state index is 11.7. The van der Waals surface area contributed by atoms with E-state index in [0.29, 0.717) is 16.6 Å². The van der Waals surface area contributed by atoms with E-state index in [4.69, 9.17) is 27.9 Å². The first-order valence-electron chi connectivity index (χ1n) is 7.12. The molecule has 0 radical (unpaired) electrons. The average molecular weight is 350 g/mol. The van der Waals surface area contributed by atoms with Gasteiger partial charge in [0, 0.05) is 22.5 Å². The largest absolute Gasteiger partial charge is 0.445 e. The molecule has 0 fully saturated rings. The van der Waals surface area contributed by atoms with Crippen molar-refractivity contribution in [2.45, 2.75) is 5.92 Å². The predicted molar refractivity (Wildman–Crippen MR) is 94.3 cm³/mol. The lowest BCUT2D eigenvalue weighted by Gasteiger charge is -2.19. The van der Waals surface area contributed by atoms with Gasteiger partial charge in [0.05, 0.1) is 0 Å². The summed E-state index contributed by atoms with van der Waals surface area (Å²) in [5, 5.41) is 4.11. The first-order chi connectivity index (χ1) is 11.1. The Bertz CT molecular complexity index is 608. The summed E-state index contributed by atoms with van der Waals surface area (Å²) < 4.78 is 4.94. The number of hydrogen-bond acceptors (Lipinski definition) is 2. The van der Waals surface area contributed by atoms with E-state index >= 15 is 0 Å². The fourth-order valence-corrected chi connectivity index (χ4v) is 2.44. The summed E-state index contributed by atoms with van der Waals surface area (Å²) in [7, 11) is 0. The number of rotatable bonds is 6. The van der Waals surface area contributed by atoms with Crippen molar-refractivity contribution in [3.8, 4) is 0 Å². The molecule has 0 bridgehead atoms. The zero-order chi connectivity index (χ0) is 16.7. The summed E-state index contributed by atoms with van der Waals surface area (Å²) >= 11 is 11.9. The molecule has 0 saturated heterocycles. The summed E-state index contributed by atoms with van der Waals surface area (Å²) in [5.41, 5.74) is 2.08. The highest BCUT2D eigenvalue weighted by molar-refractivity contribution is 6.30. The molecular weight excluding hydrogens is 333 g/mol. The van der Waals surface area contributed by atoms with Gasteiger partial charge in [-0.2, -0.15) is 0 Å². The Morgan fingerprint density at radius 2 is 1.52 bits per heavy atom. The summed E-state index contributed by atoms with van der Waals surface area (Å²) in [6.07, 6.45) is 1.05. The molecule has 1 amide bonds. The molecule has 0 aliphatic heterocycles. The first-order valence-corrected chi connectivity index (χ1v) is 7.88. The van der Waals surface area contributed by atoms with E-state index in [2.05, 4.69) is 11.9 Å². The van der Waals surface area contributed by atoms with Gasteiger partial charge in [-0.15, -0.1) is 0 Å². The third-order valence-electron chi connectivity index (χ3n) is 3.33. The van der Waals surface area contributed by atoms with Crippen LogP contribution in [0.1, 0.15) is 17.0 Å². The van der Waals surface area contributed by atoms with E-state index in [-0.39, 0.29) is 12.5 Å². The Labute approximate surface area is 145 Å². The van der Waals surface area contributed by atoms with Gasteiger partial charge in [-0.3, -0.25) is 0 Å². The molecule has 2 aromatic rings. The fraction of sp³-hybridized carbons (Fsp3) is 0.167. The third-order valence-corrected chi connectivity index (χ3v) is 3.83. The van der Waals surface area contributed by atoms with E-state index in [1.54, 1.807) is 0 Å². The normalized spacial score (nSPS) is 10.4. The van der Waals surface area contributed by atoms with Gasteiger partial charge < -0.3 is 10.1 Å². The van der Waals surface area contributed by atoms with Crippen molar-refractivity contribution in [3.63, 3.8) is 0 Å². The molecule has 0 aliphatic carbocycles. The molecular formula is C18H17Cl2NO2. The number of alkyl carbamates (subject to hydrolysis) is 1. The standard InChI is InChI=1S/C18H17Cl2NO2/c1-2-11-23-18(22)21-12-17(13-3-7-15(19)8-4-13)14-5-9-16(20)10-6-14/h2-10,17H,1,11-12H2,(H,21,22). The Balaban J connectivity index is 2.17. The van der Waals surface area contributed by atoms with Crippen LogP contribution in [-0.4, -0.2) is 19.2 Å². The maximum Gasteiger partial charge on any atom is 0.407 e. The Morgan fingerprint density at radius 3 is 1.96 bits per heavy atom. The molecule has 2 aromatic carbocycles. The number of amides is 1. The first kappa shape index (κ1) is 17.4. The van der Waals surface area contributed by atoms with Crippen LogP contribution in [0, 0.1) is 0 Å². The molecule has 5 heteroatoms. The number of carbonyl (C=O) groups excluding carboxylic acids is 1. The molecule has 0 aromatic heterocycles. The lowest BCUT2D eigenvalue weighted by atomic mass is 9.91. The third kappa shape index (κ3) is 5.31. The summed E-state index contributed by atoms with van der Waals surface area (Å²) in [6, 6.07) is 15.1. The lowest BCUT2D eigenvalue weighted by Crippen LogP contribution is -2.29. The van der Waals surface area contributed by atoms with E-state index < -0.39 is 6.09 Å². The Hall–Kier alpha value is -1.97. The zero-order valence-electron chi connectivity index (χ0n) is 12.5. The van der Waals surface area contributed by atoms with Gasteiger partial charge in [-0.05, 0) is 35.4 Å². The minimum absolute atomic E-state index is 0.0270. The van der Waals surface area contributed by atoms with Crippen LogP contribution in [0.4, 0.5) is 4.79 Å². The lowest BCUT2D eigenvalue weighted by molar-refractivity contribution is 0.158. The number of benzene rings is 2. The second-order valence-corrected chi connectivity index (χ2v) is 5.80. The SMILES string of the molecule is C=CCOC(=O)NCC(c1ccc(Cl)cc1)c1ccc(Cl)cc1. The van der Waals surface area contributed by atoms with Gasteiger partial charge in [0.15, 0.2) is 0 Å². The van der Waals surface area contributed by atoms with Crippen LogP contribution in [0.2, 0.25) is 10.0 Å². The van der Waals surface area contributed by atoms with E-state index in [1.807, 2.05) is 48.5 Å². The van der Waals surface area contributed by atoms with Gasteiger partial charge >= 0.3 is 6.09 Å². The zero-order valence-corrected chi connectivity index (χ0v) is 14.0. The summed E-state index contributed by atoms with van der Waals surface area (Å²) in [4.78, 5) is 11.7.